The van der Waals surface area contributed by atoms with E-state index in [1.54, 1.807) is 25.3 Å². The Morgan fingerprint density at radius 1 is 1.00 bits per heavy atom. The molecular formula is C25H21ClN4O5. The predicted octanol–water partition coefficient (Wildman–Crippen LogP) is 5.62. The number of fused-ring (bicyclic) bond motifs is 1. The molecule has 3 aromatic carbocycles. The highest BCUT2D eigenvalue weighted by Crippen LogP contribution is 2.37. The summed E-state index contributed by atoms with van der Waals surface area (Å²) >= 11 is 6.19. The summed E-state index contributed by atoms with van der Waals surface area (Å²) in [7, 11) is 3.08. The number of nitrogens with one attached hydrogen (secondary N) is 1. The van der Waals surface area contributed by atoms with E-state index in [9.17, 15) is 14.9 Å². The van der Waals surface area contributed by atoms with E-state index in [1.165, 1.54) is 25.3 Å². The van der Waals surface area contributed by atoms with E-state index in [-0.39, 0.29) is 22.1 Å². The monoisotopic (exact) mass is 492 g/mol. The fourth-order valence-corrected chi connectivity index (χ4v) is 4.13. The highest BCUT2D eigenvalue weighted by Gasteiger charge is 2.29. The number of carbonyl (C=O) groups is 1. The zero-order valence-electron chi connectivity index (χ0n) is 19.1. The fourth-order valence-electron chi connectivity index (χ4n) is 3.85. The maximum atomic E-state index is 13.3. The molecule has 0 aliphatic carbocycles. The third-order valence-corrected chi connectivity index (χ3v) is 5.91. The number of halogens is 1. The van der Waals surface area contributed by atoms with E-state index >= 15 is 0 Å². The molecule has 3 aromatic rings. The van der Waals surface area contributed by atoms with Crippen molar-refractivity contribution in [3.8, 4) is 11.5 Å². The zero-order chi connectivity index (χ0) is 25.1. The van der Waals surface area contributed by atoms with Gasteiger partial charge >= 0.3 is 0 Å². The minimum Gasteiger partial charge on any atom is -0.493 e. The van der Waals surface area contributed by atoms with Gasteiger partial charge in [-0.05, 0) is 42.8 Å². The molecule has 9 nitrogen and oxygen atoms in total. The van der Waals surface area contributed by atoms with Crippen LogP contribution >= 0.6 is 11.6 Å². The average molecular weight is 493 g/mol. The first kappa shape index (κ1) is 23.9. The summed E-state index contributed by atoms with van der Waals surface area (Å²) in [5.41, 5.74) is 2.24. The average Bonchev–Trinajstić information content (AvgIpc) is 2.98. The lowest BCUT2D eigenvalue weighted by Gasteiger charge is -2.21. The van der Waals surface area contributed by atoms with Crippen LogP contribution in [0.15, 0.2) is 70.6 Å². The molecule has 1 heterocycles. The van der Waals surface area contributed by atoms with E-state index < -0.39 is 16.7 Å². The van der Waals surface area contributed by atoms with Crippen LogP contribution in [0, 0.1) is 10.1 Å². The van der Waals surface area contributed by atoms with Gasteiger partial charge in [-0.15, -0.1) is 0 Å². The maximum absolute atomic E-state index is 13.3. The second-order valence-electron chi connectivity index (χ2n) is 7.64. The smallest absolute Gasteiger partial charge is 0.288 e. The van der Waals surface area contributed by atoms with Crippen LogP contribution < -0.4 is 14.8 Å². The minimum absolute atomic E-state index is 0.0400. The number of rotatable bonds is 5. The standard InChI is InChI=1S/C25H21ClN4O5/c1-14-22(15-11-12-20(34-2)21(13-15)35-3)24(28-18-9-5-4-8-17(18)27-14)29-25(31)16-7-6-10-19(23(16)26)30(32)33/h4-13,22H,1-3H3,(H,28,29,31). The number of aliphatic imine (C=N–C) groups is 2. The number of hydrogen-bond donors (Lipinski definition) is 1. The normalized spacial score (nSPS) is 14.7. The van der Waals surface area contributed by atoms with Crippen molar-refractivity contribution in [2.75, 3.05) is 14.2 Å². The van der Waals surface area contributed by atoms with Crippen molar-refractivity contribution in [3.63, 3.8) is 0 Å². The van der Waals surface area contributed by atoms with Gasteiger partial charge in [-0.3, -0.25) is 19.9 Å². The van der Waals surface area contributed by atoms with Crippen LogP contribution in [0.25, 0.3) is 0 Å². The van der Waals surface area contributed by atoms with E-state index in [1.807, 2.05) is 31.2 Å². The highest BCUT2D eigenvalue weighted by atomic mass is 35.5. The topological polar surface area (TPSA) is 115 Å². The second-order valence-corrected chi connectivity index (χ2v) is 8.01. The first-order valence-electron chi connectivity index (χ1n) is 10.5. The van der Waals surface area contributed by atoms with E-state index in [2.05, 4.69) is 5.32 Å². The van der Waals surface area contributed by atoms with Gasteiger partial charge in [0, 0.05) is 11.8 Å². The molecule has 1 unspecified atom stereocenters. The molecule has 1 aliphatic rings. The van der Waals surface area contributed by atoms with Gasteiger partial charge in [0.25, 0.3) is 11.6 Å². The molecule has 1 N–H and O–H groups in total. The van der Waals surface area contributed by atoms with Crippen molar-refractivity contribution in [3.05, 3.63) is 86.9 Å². The van der Waals surface area contributed by atoms with Gasteiger partial charge in [0.05, 0.1) is 42.0 Å². The van der Waals surface area contributed by atoms with Crippen LogP contribution in [0.3, 0.4) is 0 Å². The molecule has 1 atom stereocenters. The van der Waals surface area contributed by atoms with E-state index in [4.69, 9.17) is 31.1 Å². The van der Waals surface area contributed by atoms with Crippen molar-refractivity contribution in [2.45, 2.75) is 12.8 Å². The van der Waals surface area contributed by atoms with Crippen molar-refractivity contribution < 1.29 is 19.2 Å². The molecule has 4 rings (SSSR count). The third-order valence-electron chi connectivity index (χ3n) is 5.51. The Kier molecular flexibility index (Phi) is 6.79. The van der Waals surface area contributed by atoms with Gasteiger partial charge < -0.3 is 14.8 Å². The number of ether oxygens (including phenoxy) is 2. The Labute approximate surface area is 206 Å². The largest absolute Gasteiger partial charge is 0.493 e. The number of methoxy groups -OCH3 is 2. The van der Waals surface area contributed by atoms with Crippen LogP contribution in [-0.4, -0.2) is 36.6 Å². The van der Waals surface area contributed by atoms with Crippen LogP contribution in [0.4, 0.5) is 17.1 Å². The molecule has 0 saturated heterocycles. The zero-order valence-corrected chi connectivity index (χ0v) is 19.9. The predicted molar refractivity (Wildman–Crippen MR) is 134 cm³/mol. The first-order valence-corrected chi connectivity index (χ1v) is 10.9. The molecule has 0 radical (unpaired) electrons. The summed E-state index contributed by atoms with van der Waals surface area (Å²) in [6.07, 6.45) is 0. The van der Waals surface area contributed by atoms with Crippen LogP contribution in [0.5, 0.6) is 11.5 Å². The number of nitrogens with zero attached hydrogens (tertiary/aromatic N) is 3. The van der Waals surface area contributed by atoms with Crippen LogP contribution in [0.1, 0.15) is 28.8 Å². The minimum atomic E-state index is -0.637. The third kappa shape index (κ3) is 4.71. The molecule has 0 aromatic heterocycles. The molecule has 1 amide bonds. The van der Waals surface area contributed by atoms with Gasteiger partial charge in [0.15, 0.2) is 11.5 Å². The molecule has 0 spiro atoms. The number of amidine groups is 1. The van der Waals surface area contributed by atoms with Gasteiger partial charge in [-0.2, -0.15) is 0 Å². The Bertz CT molecular complexity index is 1390. The Morgan fingerprint density at radius 3 is 2.34 bits per heavy atom. The van der Waals surface area contributed by atoms with Gasteiger partial charge in [-0.1, -0.05) is 35.9 Å². The Morgan fingerprint density at radius 2 is 1.69 bits per heavy atom. The molecule has 0 bridgehead atoms. The van der Waals surface area contributed by atoms with Crippen molar-refractivity contribution in [1.82, 2.24) is 5.32 Å². The van der Waals surface area contributed by atoms with Crippen molar-refractivity contribution in [1.29, 1.82) is 0 Å². The van der Waals surface area contributed by atoms with E-state index in [0.717, 1.165) is 5.56 Å². The Balaban J connectivity index is 1.83. The van der Waals surface area contributed by atoms with Crippen molar-refractivity contribution >= 4 is 46.1 Å². The molecule has 0 fully saturated rings. The quantitative estimate of drug-likeness (QED) is 0.367. The lowest BCUT2D eigenvalue weighted by atomic mass is 9.92. The number of benzene rings is 3. The van der Waals surface area contributed by atoms with Crippen LogP contribution in [-0.2, 0) is 0 Å². The number of amides is 1. The molecular weight excluding hydrogens is 472 g/mol. The molecule has 35 heavy (non-hydrogen) atoms. The second kappa shape index (κ2) is 9.94. The number of para-hydroxylation sites is 2. The summed E-state index contributed by atoms with van der Waals surface area (Å²) < 4.78 is 10.8. The molecule has 0 saturated carbocycles. The molecule has 10 heteroatoms. The number of carbonyl (C=O) groups excluding carboxylic acids is 1. The Hall–Kier alpha value is -4.24. The van der Waals surface area contributed by atoms with Gasteiger partial charge in [0.1, 0.15) is 10.9 Å². The summed E-state index contributed by atoms with van der Waals surface area (Å²) in [6, 6.07) is 16.7. The SMILES string of the molecule is COc1ccc(C2C(C)=Nc3ccccc3N=C2NC(=O)c2cccc([N+](=O)[O-])c2Cl)cc1OC. The fraction of sp³-hybridized carbons (Fsp3) is 0.160. The van der Waals surface area contributed by atoms with Gasteiger partial charge in [0.2, 0.25) is 0 Å². The molecule has 178 valence electrons. The van der Waals surface area contributed by atoms with Crippen LogP contribution in [0.2, 0.25) is 5.02 Å². The van der Waals surface area contributed by atoms with Gasteiger partial charge in [-0.25, -0.2) is 4.99 Å². The number of nitro groups is 1. The maximum Gasteiger partial charge on any atom is 0.288 e. The first-order chi connectivity index (χ1) is 16.8. The summed E-state index contributed by atoms with van der Waals surface area (Å²) in [6.45, 7) is 1.84. The lowest BCUT2D eigenvalue weighted by Crippen LogP contribution is -2.37. The summed E-state index contributed by atoms with van der Waals surface area (Å²) in [4.78, 5) is 33.4. The lowest BCUT2D eigenvalue weighted by molar-refractivity contribution is -0.384. The summed E-state index contributed by atoms with van der Waals surface area (Å²) in [5.74, 6) is 0.162. The number of hydrogen-bond acceptors (Lipinski definition) is 7. The highest BCUT2D eigenvalue weighted by molar-refractivity contribution is 6.36. The van der Waals surface area contributed by atoms with Crippen molar-refractivity contribution in [2.24, 2.45) is 9.98 Å². The molecule has 1 aliphatic heterocycles. The number of nitro benzene ring substituents is 1. The van der Waals surface area contributed by atoms with E-state index in [0.29, 0.717) is 28.6 Å². The summed E-state index contributed by atoms with van der Waals surface area (Å²) in [5, 5.41) is 13.9.